The quantitative estimate of drug-likeness (QED) is 0.899. The summed E-state index contributed by atoms with van der Waals surface area (Å²) < 4.78 is 7.27. The second kappa shape index (κ2) is 5.89. The van der Waals surface area contributed by atoms with E-state index in [1.807, 2.05) is 49.0 Å². The molecule has 4 nitrogen and oxygen atoms in total. The molecule has 0 fully saturated rings. The highest BCUT2D eigenvalue weighted by molar-refractivity contribution is 5.27. The van der Waals surface area contributed by atoms with E-state index >= 15 is 0 Å². The molecule has 0 saturated heterocycles. The van der Waals surface area contributed by atoms with E-state index in [-0.39, 0.29) is 6.10 Å². The third kappa shape index (κ3) is 3.35. The minimum atomic E-state index is -0.388. The number of aliphatic hydroxyl groups is 1. The van der Waals surface area contributed by atoms with E-state index in [0.29, 0.717) is 6.54 Å². The topological polar surface area (TPSA) is 47.3 Å². The molecule has 2 rings (SSSR count). The number of aliphatic hydroxyl groups excluding tert-OH is 1. The highest BCUT2D eigenvalue weighted by Gasteiger charge is 2.07. The average molecular weight is 260 g/mol. The second-order valence-corrected chi connectivity index (χ2v) is 4.68. The Morgan fingerprint density at radius 3 is 2.89 bits per heavy atom. The summed E-state index contributed by atoms with van der Waals surface area (Å²) in [5.74, 6) is 0.823. The Morgan fingerprint density at radius 1 is 1.42 bits per heavy atom. The van der Waals surface area contributed by atoms with E-state index in [1.165, 1.54) is 0 Å². The molecule has 0 aliphatic heterocycles. The van der Waals surface area contributed by atoms with Gasteiger partial charge in [-0.05, 0) is 25.0 Å². The molecule has 0 amide bonds. The van der Waals surface area contributed by atoms with E-state index in [0.717, 1.165) is 29.1 Å². The van der Waals surface area contributed by atoms with Gasteiger partial charge in [-0.25, -0.2) is 0 Å². The first-order valence-electron chi connectivity index (χ1n) is 6.47. The Hall–Kier alpha value is -1.81. The first-order valence-corrected chi connectivity index (χ1v) is 6.47. The van der Waals surface area contributed by atoms with Crippen LogP contribution in [0.2, 0.25) is 0 Å². The Balaban J connectivity index is 2.16. The molecule has 2 aromatic heterocycles. The number of hydrogen-bond donors (Lipinski definition) is 1. The zero-order chi connectivity index (χ0) is 13.8. The van der Waals surface area contributed by atoms with Crippen LogP contribution < -0.4 is 4.74 Å². The molecule has 0 spiro atoms. The Labute approximate surface area is 113 Å². The lowest BCUT2D eigenvalue weighted by molar-refractivity contribution is 0.173. The number of pyridine rings is 1. The van der Waals surface area contributed by atoms with Crippen LogP contribution in [0, 0.1) is 6.92 Å². The number of ether oxygens (including phenoxy) is 1. The average Bonchev–Trinajstić information content (AvgIpc) is 2.85. The van der Waals surface area contributed by atoms with E-state index in [4.69, 9.17) is 4.74 Å². The number of methoxy groups -OCH3 is 1. The minimum absolute atomic E-state index is 0.388. The first kappa shape index (κ1) is 13.6. The van der Waals surface area contributed by atoms with E-state index in [9.17, 15) is 5.11 Å². The molecule has 2 aromatic rings. The summed E-state index contributed by atoms with van der Waals surface area (Å²) in [5, 5.41) is 9.79. The predicted molar refractivity (Wildman–Crippen MR) is 74.3 cm³/mol. The van der Waals surface area contributed by atoms with Gasteiger partial charge in [-0.2, -0.15) is 0 Å². The van der Waals surface area contributed by atoms with Crippen LogP contribution in [0.3, 0.4) is 0 Å². The van der Waals surface area contributed by atoms with Crippen LogP contribution in [0.1, 0.15) is 36.4 Å². The largest absolute Gasteiger partial charge is 0.497 e. The molecule has 0 aromatic carbocycles. The van der Waals surface area contributed by atoms with E-state index in [2.05, 4.69) is 4.98 Å². The van der Waals surface area contributed by atoms with Crippen molar-refractivity contribution in [1.82, 2.24) is 9.55 Å². The normalized spacial score (nSPS) is 12.4. The maximum absolute atomic E-state index is 9.79. The van der Waals surface area contributed by atoms with Gasteiger partial charge in [0, 0.05) is 30.2 Å². The molecule has 102 valence electrons. The van der Waals surface area contributed by atoms with Gasteiger partial charge in [0.1, 0.15) is 5.75 Å². The van der Waals surface area contributed by atoms with Crippen molar-refractivity contribution in [2.75, 3.05) is 7.11 Å². The van der Waals surface area contributed by atoms with Crippen molar-refractivity contribution in [3.63, 3.8) is 0 Å². The Kier molecular flexibility index (Phi) is 4.22. The monoisotopic (exact) mass is 260 g/mol. The van der Waals surface area contributed by atoms with Crippen LogP contribution in [0.4, 0.5) is 0 Å². The third-order valence-electron chi connectivity index (χ3n) is 3.11. The van der Waals surface area contributed by atoms with Crippen molar-refractivity contribution in [2.24, 2.45) is 0 Å². The molecule has 4 heteroatoms. The standard InChI is InChI=1S/C15H20N2O2/c1-4-15(18)12-5-6-17(9-12)10-13-8-14(19-3)7-11(2)16-13/h5-9,15,18H,4,10H2,1-3H3. The maximum Gasteiger partial charge on any atom is 0.122 e. The van der Waals surface area contributed by atoms with Gasteiger partial charge < -0.3 is 14.4 Å². The van der Waals surface area contributed by atoms with Gasteiger partial charge in [0.15, 0.2) is 0 Å². The lowest BCUT2D eigenvalue weighted by Crippen LogP contribution is -2.01. The molecule has 0 saturated carbocycles. The predicted octanol–water partition coefficient (Wildman–Crippen LogP) is 2.69. The van der Waals surface area contributed by atoms with Crippen molar-refractivity contribution < 1.29 is 9.84 Å². The van der Waals surface area contributed by atoms with E-state index in [1.54, 1.807) is 7.11 Å². The van der Waals surface area contributed by atoms with Crippen molar-refractivity contribution in [3.05, 3.63) is 47.5 Å². The van der Waals surface area contributed by atoms with Crippen molar-refractivity contribution in [1.29, 1.82) is 0 Å². The van der Waals surface area contributed by atoms with Gasteiger partial charge in [-0.1, -0.05) is 6.92 Å². The third-order valence-corrected chi connectivity index (χ3v) is 3.11. The molecule has 1 N–H and O–H groups in total. The Bertz CT molecular complexity index is 549. The van der Waals surface area contributed by atoms with Gasteiger partial charge in [-0.15, -0.1) is 0 Å². The number of rotatable bonds is 5. The van der Waals surface area contributed by atoms with Gasteiger partial charge in [0.05, 0.1) is 25.5 Å². The fourth-order valence-corrected chi connectivity index (χ4v) is 2.08. The lowest BCUT2D eigenvalue weighted by atomic mass is 10.1. The lowest BCUT2D eigenvalue weighted by Gasteiger charge is -2.07. The minimum Gasteiger partial charge on any atom is -0.497 e. The first-order chi connectivity index (χ1) is 9.12. The van der Waals surface area contributed by atoms with Crippen molar-refractivity contribution in [3.8, 4) is 5.75 Å². The van der Waals surface area contributed by atoms with Crippen molar-refractivity contribution >= 4 is 0 Å². The molecule has 0 aliphatic carbocycles. The molecule has 0 radical (unpaired) electrons. The molecule has 0 bridgehead atoms. The summed E-state index contributed by atoms with van der Waals surface area (Å²) in [6, 6.07) is 5.79. The van der Waals surface area contributed by atoms with Gasteiger partial charge in [-0.3, -0.25) is 4.98 Å². The van der Waals surface area contributed by atoms with Crippen LogP contribution >= 0.6 is 0 Å². The zero-order valence-corrected chi connectivity index (χ0v) is 11.6. The summed E-state index contributed by atoms with van der Waals surface area (Å²) in [4.78, 5) is 4.49. The summed E-state index contributed by atoms with van der Waals surface area (Å²) in [5.41, 5.74) is 2.84. The molecular formula is C15H20N2O2. The van der Waals surface area contributed by atoms with Crippen LogP contribution in [0.5, 0.6) is 5.75 Å². The van der Waals surface area contributed by atoms with E-state index < -0.39 is 0 Å². The molecule has 1 unspecified atom stereocenters. The fourth-order valence-electron chi connectivity index (χ4n) is 2.08. The fraction of sp³-hybridized carbons (Fsp3) is 0.400. The van der Waals surface area contributed by atoms with Crippen LogP contribution in [-0.4, -0.2) is 21.8 Å². The van der Waals surface area contributed by atoms with Gasteiger partial charge in [0.2, 0.25) is 0 Å². The number of nitrogens with zero attached hydrogens (tertiary/aromatic N) is 2. The van der Waals surface area contributed by atoms with Crippen LogP contribution in [0.15, 0.2) is 30.6 Å². The molecule has 0 aliphatic rings. The molecular weight excluding hydrogens is 240 g/mol. The van der Waals surface area contributed by atoms with Crippen LogP contribution in [0.25, 0.3) is 0 Å². The summed E-state index contributed by atoms with van der Waals surface area (Å²) in [7, 11) is 1.66. The summed E-state index contributed by atoms with van der Waals surface area (Å²) in [6.07, 6.45) is 4.26. The Morgan fingerprint density at radius 2 is 2.21 bits per heavy atom. The number of aryl methyl sites for hydroxylation is 1. The smallest absolute Gasteiger partial charge is 0.122 e. The molecule has 1 atom stereocenters. The van der Waals surface area contributed by atoms with Gasteiger partial charge in [0.25, 0.3) is 0 Å². The van der Waals surface area contributed by atoms with Gasteiger partial charge >= 0.3 is 0 Å². The number of aromatic nitrogens is 2. The highest BCUT2D eigenvalue weighted by atomic mass is 16.5. The summed E-state index contributed by atoms with van der Waals surface area (Å²) >= 11 is 0. The number of hydrogen-bond acceptors (Lipinski definition) is 3. The zero-order valence-electron chi connectivity index (χ0n) is 11.6. The molecule has 19 heavy (non-hydrogen) atoms. The molecule has 2 heterocycles. The van der Waals surface area contributed by atoms with Crippen molar-refractivity contribution in [2.45, 2.75) is 32.9 Å². The van der Waals surface area contributed by atoms with Crippen LogP contribution in [-0.2, 0) is 6.54 Å². The highest BCUT2D eigenvalue weighted by Crippen LogP contribution is 2.18. The second-order valence-electron chi connectivity index (χ2n) is 4.68. The summed E-state index contributed by atoms with van der Waals surface area (Å²) in [6.45, 7) is 4.59. The maximum atomic E-state index is 9.79. The SMILES string of the molecule is CCC(O)c1ccn(Cc2cc(OC)cc(C)n2)c1.